The van der Waals surface area contributed by atoms with Crippen LogP contribution in [0.5, 0.6) is 0 Å². The van der Waals surface area contributed by atoms with Crippen LogP contribution in [0.3, 0.4) is 0 Å². The minimum absolute atomic E-state index is 0.0264. The molecule has 0 bridgehead atoms. The van der Waals surface area contributed by atoms with Crippen LogP contribution in [-0.2, 0) is 21.3 Å². The average molecular weight is 285 g/mol. The van der Waals surface area contributed by atoms with Gasteiger partial charge >= 0.3 is 5.97 Å². The number of ether oxygens (including phenoxy) is 1. The summed E-state index contributed by atoms with van der Waals surface area (Å²) < 4.78 is 4.69. The van der Waals surface area contributed by atoms with Gasteiger partial charge in [-0.1, -0.05) is 28.1 Å². The largest absolute Gasteiger partial charge is 0.465 e. The Balaban J connectivity index is 3.25. The van der Waals surface area contributed by atoms with Crippen LogP contribution in [0.15, 0.2) is 18.2 Å². The van der Waals surface area contributed by atoms with E-state index in [2.05, 4.69) is 15.9 Å². The van der Waals surface area contributed by atoms with E-state index in [9.17, 15) is 9.59 Å². The summed E-state index contributed by atoms with van der Waals surface area (Å²) >= 11 is 3.34. The molecule has 0 fully saturated rings. The molecule has 1 rings (SSSR count). The number of methoxy groups -OCH3 is 1. The Bertz CT molecular complexity index is 413. The van der Waals surface area contributed by atoms with Crippen LogP contribution in [0.1, 0.15) is 28.4 Å². The summed E-state index contributed by atoms with van der Waals surface area (Å²) in [6, 6.07) is 5.35. The fourth-order valence-electron chi connectivity index (χ4n) is 1.52. The Morgan fingerprint density at radius 1 is 1.38 bits per heavy atom. The molecule has 0 spiro atoms. The highest BCUT2D eigenvalue weighted by Crippen LogP contribution is 2.19. The van der Waals surface area contributed by atoms with Crippen molar-refractivity contribution in [2.24, 2.45) is 0 Å². The maximum Gasteiger partial charge on any atom is 0.338 e. The van der Waals surface area contributed by atoms with Crippen molar-refractivity contribution in [3.63, 3.8) is 0 Å². The van der Waals surface area contributed by atoms with Crippen LogP contribution >= 0.6 is 15.9 Å². The fraction of sp³-hybridized carbons (Fsp3) is 0.333. The van der Waals surface area contributed by atoms with Gasteiger partial charge in [-0.05, 0) is 24.1 Å². The average Bonchev–Trinajstić information content (AvgIpc) is 2.27. The minimum Gasteiger partial charge on any atom is -0.465 e. The molecule has 0 aliphatic heterocycles. The van der Waals surface area contributed by atoms with Gasteiger partial charge in [-0.2, -0.15) is 0 Å². The van der Waals surface area contributed by atoms with E-state index in [0.29, 0.717) is 10.9 Å². The van der Waals surface area contributed by atoms with E-state index in [1.165, 1.54) is 14.0 Å². The molecule has 0 saturated heterocycles. The number of benzene rings is 1. The first-order valence-corrected chi connectivity index (χ1v) is 5.96. The summed E-state index contributed by atoms with van der Waals surface area (Å²) in [6.07, 6.45) is 0.256. The number of hydrogen-bond acceptors (Lipinski definition) is 3. The zero-order chi connectivity index (χ0) is 12.1. The highest BCUT2D eigenvalue weighted by molar-refractivity contribution is 9.08. The van der Waals surface area contributed by atoms with E-state index in [1.54, 1.807) is 12.1 Å². The lowest BCUT2D eigenvalue weighted by Gasteiger charge is -2.10. The predicted octanol–water partition coefficient (Wildman–Crippen LogP) is 2.50. The summed E-state index contributed by atoms with van der Waals surface area (Å²) in [5.74, 6) is -0.377. The van der Waals surface area contributed by atoms with Crippen LogP contribution in [0.25, 0.3) is 0 Å². The molecule has 3 nitrogen and oxygen atoms in total. The van der Waals surface area contributed by atoms with Crippen molar-refractivity contribution >= 4 is 27.7 Å². The molecule has 4 heteroatoms. The Morgan fingerprint density at radius 2 is 2.06 bits per heavy atom. The molecule has 0 amide bonds. The van der Waals surface area contributed by atoms with E-state index in [1.807, 2.05) is 6.07 Å². The van der Waals surface area contributed by atoms with Crippen molar-refractivity contribution in [2.45, 2.75) is 18.7 Å². The Labute approximate surface area is 103 Å². The van der Waals surface area contributed by atoms with E-state index in [0.717, 1.165) is 11.1 Å². The minimum atomic E-state index is -0.404. The van der Waals surface area contributed by atoms with Crippen molar-refractivity contribution in [3.05, 3.63) is 34.9 Å². The number of carbonyl (C=O) groups excluding carboxylic acids is 2. The second-order valence-electron chi connectivity index (χ2n) is 3.45. The monoisotopic (exact) mass is 284 g/mol. The summed E-state index contributed by atoms with van der Waals surface area (Å²) in [5.41, 5.74) is 2.16. The third-order valence-electron chi connectivity index (χ3n) is 2.25. The van der Waals surface area contributed by atoms with E-state index < -0.39 is 5.97 Å². The van der Waals surface area contributed by atoms with Gasteiger partial charge in [0, 0.05) is 11.8 Å². The molecular formula is C12H13BrO3. The van der Waals surface area contributed by atoms with E-state index >= 15 is 0 Å². The molecule has 0 atom stereocenters. The first kappa shape index (κ1) is 12.9. The molecule has 0 heterocycles. The number of Topliss-reactive ketones (excluding diaryl/α,β-unsaturated/α-hetero) is 1. The third-order valence-corrected chi connectivity index (χ3v) is 2.85. The van der Waals surface area contributed by atoms with Crippen molar-refractivity contribution in [2.75, 3.05) is 7.11 Å². The molecular weight excluding hydrogens is 272 g/mol. The molecule has 0 radical (unpaired) electrons. The fourth-order valence-corrected chi connectivity index (χ4v) is 2.04. The van der Waals surface area contributed by atoms with Crippen LogP contribution in [0.4, 0.5) is 0 Å². The number of carbonyl (C=O) groups is 2. The number of esters is 1. The van der Waals surface area contributed by atoms with Crippen LogP contribution in [0, 0.1) is 0 Å². The topological polar surface area (TPSA) is 43.4 Å². The summed E-state index contributed by atoms with van der Waals surface area (Å²) in [5, 5.41) is 0.612. The Hall–Kier alpha value is -1.16. The zero-order valence-corrected chi connectivity index (χ0v) is 10.8. The predicted molar refractivity (Wildman–Crippen MR) is 64.8 cm³/mol. The van der Waals surface area contributed by atoms with Gasteiger partial charge in [0.15, 0.2) is 0 Å². The maximum atomic E-state index is 11.5. The molecule has 1 aromatic rings. The Kier molecular flexibility index (Phi) is 4.68. The molecule has 0 aliphatic carbocycles. The van der Waals surface area contributed by atoms with Gasteiger partial charge in [-0.25, -0.2) is 4.79 Å². The van der Waals surface area contributed by atoms with Crippen molar-refractivity contribution in [1.82, 2.24) is 0 Å². The van der Waals surface area contributed by atoms with Crippen LogP contribution in [-0.4, -0.2) is 18.9 Å². The molecule has 0 unspecified atom stereocenters. The quantitative estimate of drug-likeness (QED) is 0.630. The van der Waals surface area contributed by atoms with Gasteiger partial charge in [0.25, 0.3) is 0 Å². The highest BCUT2D eigenvalue weighted by atomic mass is 79.9. The smallest absolute Gasteiger partial charge is 0.338 e. The van der Waals surface area contributed by atoms with Gasteiger partial charge in [0.05, 0.1) is 12.7 Å². The summed E-state index contributed by atoms with van der Waals surface area (Å²) in [7, 11) is 1.33. The lowest BCUT2D eigenvalue weighted by Crippen LogP contribution is -2.10. The van der Waals surface area contributed by atoms with Gasteiger partial charge in [0.2, 0.25) is 0 Å². The molecule has 0 aliphatic rings. The molecule has 86 valence electrons. The first-order chi connectivity index (χ1) is 7.60. The molecule has 16 heavy (non-hydrogen) atoms. The zero-order valence-electron chi connectivity index (χ0n) is 9.25. The van der Waals surface area contributed by atoms with Crippen LogP contribution < -0.4 is 0 Å². The lowest BCUT2D eigenvalue weighted by molar-refractivity contribution is -0.116. The van der Waals surface area contributed by atoms with Gasteiger partial charge in [-0.3, -0.25) is 4.79 Å². The van der Waals surface area contributed by atoms with Crippen molar-refractivity contribution in [3.8, 4) is 0 Å². The first-order valence-electron chi connectivity index (χ1n) is 4.84. The summed E-state index contributed by atoms with van der Waals surface area (Å²) in [6.45, 7) is 1.51. The van der Waals surface area contributed by atoms with Gasteiger partial charge in [0.1, 0.15) is 5.78 Å². The SMILES string of the molecule is COC(=O)c1cccc(CBr)c1CC(C)=O. The Morgan fingerprint density at radius 3 is 2.56 bits per heavy atom. The standard InChI is InChI=1S/C12H13BrO3/c1-8(14)6-11-9(7-13)4-3-5-10(11)12(15)16-2/h3-5H,6-7H2,1-2H3. The van der Waals surface area contributed by atoms with Gasteiger partial charge in [-0.15, -0.1) is 0 Å². The number of alkyl halides is 1. The van der Waals surface area contributed by atoms with Crippen molar-refractivity contribution < 1.29 is 14.3 Å². The van der Waals surface area contributed by atoms with E-state index in [-0.39, 0.29) is 12.2 Å². The third kappa shape index (κ3) is 2.92. The molecule has 0 saturated carbocycles. The lowest BCUT2D eigenvalue weighted by atomic mass is 9.97. The second kappa shape index (κ2) is 5.80. The molecule has 1 aromatic carbocycles. The summed E-state index contributed by atoms with van der Waals surface area (Å²) in [4.78, 5) is 22.7. The van der Waals surface area contributed by atoms with Crippen LogP contribution in [0.2, 0.25) is 0 Å². The number of ketones is 1. The molecule has 0 aromatic heterocycles. The maximum absolute atomic E-state index is 11.5. The van der Waals surface area contributed by atoms with E-state index in [4.69, 9.17) is 4.74 Å². The number of halogens is 1. The highest BCUT2D eigenvalue weighted by Gasteiger charge is 2.15. The molecule has 0 N–H and O–H groups in total. The van der Waals surface area contributed by atoms with Gasteiger partial charge < -0.3 is 4.74 Å². The second-order valence-corrected chi connectivity index (χ2v) is 4.01. The van der Waals surface area contributed by atoms with Crippen molar-refractivity contribution in [1.29, 1.82) is 0 Å². The number of hydrogen-bond donors (Lipinski definition) is 0. The normalized spacial score (nSPS) is 9.94. The number of rotatable bonds is 4.